The third-order valence-corrected chi connectivity index (χ3v) is 1.90. The lowest BCUT2D eigenvalue weighted by molar-refractivity contribution is 1.12. The molecule has 0 aliphatic heterocycles. The van der Waals surface area contributed by atoms with E-state index in [2.05, 4.69) is 11.6 Å². The van der Waals surface area contributed by atoms with Crippen molar-refractivity contribution in [1.29, 1.82) is 0 Å². The third kappa shape index (κ3) is 1.54. The maximum atomic E-state index is 10.8. The normalized spacial score (nSPS) is 9.60. The molecule has 10 heavy (non-hydrogen) atoms. The number of imidazole rings is 1. The molecule has 0 saturated heterocycles. The van der Waals surface area contributed by atoms with Crippen molar-refractivity contribution in [3.63, 3.8) is 0 Å². The number of hydrogen-bond acceptors (Lipinski definition) is 2. The van der Waals surface area contributed by atoms with E-state index in [1.54, 1.807) is 18.5 Å². The van der Waals surface area contributed by atoms with E-state index in [1.165, 1.54) is 15.9 Å². The third-order valence-electron chi connectivity index (χ3n) is 0.948. The van der Waals surface area contributed by atoms with E-state index in [4.69, 9.17) is 0 Å². The fourth-order valence-electron chi connectivity index (χ4n) is 0.542. The molecule has 0 bridgehead atoms. The molecule has 0 spiro atoms. The van der Waals surface area contributed by atoms with Crippen molar-refractivity contribution >= 4 is 11.9 Å². The van der Waals surface area contributed by atoms with Crippen molar-refractivity contribution < 1.29 is 0 Å². The molecule has 1 aromatic rings. The molecule has 0 aromatic carbocycles. The van der Waals surface area contributed by atoms with Crippen molar-refractivity contribution in [2.24, 2.45) is 0 Å². The highest BCUT2D eigenvalue weighted by Crippen LogP contribution is 1.99. The number of hydrogen-bond donors (Lipinski definition) is 1. The fourth-order valence-corrected chi connectivity index (χ4v) is 1.13. The van der Waals surface area contributed by atoms with Crippen LogP contribution in [0.3, 0.4) is 0 Å². The Morgan fingerprint density at radius 3 is 3.20 bits per heavy atom. The molecule has 1 N–H and O–H groups in total. The Labute approximate surface area is 62.9 Å². The smallest absolute Gasteiger partial charge is 0.312 e. The highest BCUT2D eigenvalue weighted by molar-refractivity contribution is 7.97. The van der Waals surface area contributed by atoms with Crippen molar-refractivity contribution in [2.45, 2.75) is 0 Å². The lowest BCUT2D eigenvalue weighted by Crippen LogP contribution is -2.10. The van der Waals surface area contributed by atoms with E-state index in [0.717, 1.165) is 5.75 Å². The molecule has 0 amide bonds. The summed E-state index contributed by atoms with van der Waals surface area (Å²) in [7, 11) is 0. The van der Waals surface area contributed by atoms with Crippen LogP contribution in [0.4, 0.5) is 0 Å². The van der Waals surface area contributed by atoms with Crippen LogP contribution in [0, 0.1) is 0 Å². The Bertz CT molecular complexity index is 263. The molecule has 0 saturated carbocycles. The second-order valence-electron chi connectivity index (χ2n) is 1.68. The van der Waals surface area contributed by atoms with Crippen molar-refractivity contribution in [3.8, 4) is 0 Å². The van der Waals surface area contributed by atoms with Gasteiger partial charge in [0.15, 0.2) is 0 Å². The molecule has 4 heteroatoms. The van der Waals surface area contributed by atoms with Crippen LogP contribution in [-0.2, 0) is 0 Å². The van der Waals surface area contributed by atoms with Gasteiger partial charge in [0, 0.05) is 18.1 Å². The van der Waals surface area contributed by atoms with E-state index in [1.807, 2.05) is 0 Å². The number of nitrogens with one attached hydrogen (secondary N) is 1. The van der Waals surface area contributed by atoms with Gasteiger partial charge >= 0.3 is 5.69 Å². The second kappa shape index (κ2) is 3.31. The number of H-pyrrole nitrogens is 1. The van der Waals surface area contributed by atoms with Crippen LogP contribution < -0.4 is 5.69 Å². The summed E-state index contributed by atoms with van der Waals surface area (Å²) in [6, 6.07) is 0. The molecule has 0 atom stereocenters. The SMILES string of the molecule is C=CCSn1cc[nH]c1=O. The van der Waals surface area contributed by atoms with Crippen LogP contribution in [0.15, 0.2) is 29.8 Å². The summed E-state index contributed by atoms with van der Waals surface area (Å²) in [5.74, 6) is 0.748. The number of aromatic amines is 1. The standard InChI is InChI=1S/C6H8N2OS/c1-2-5-10-8-4-3-7-6(8)9/h2-4H,1,5H2,(H,7,9). The van der Waals surface area contributed by atoms with E-state index < -0.39 is 0 Å². The Balaban J connectivity index is 2.65. The average Bonchev–Trinajstić information content (AvgIpc) is 2.31. The van der Waals surface area contributed by atoms with Gasteiger partial charge in [-0.25, -0.2) is 8.77 Å². The fraction of sp³-hybridized carbons (Fsp3) is 0.167. The van der Waals surface area contributed by atoms with Crippen molar-refractivity contribution in [2.75, 3.05) is 5.75 Å². The van der Waals surface area contributed by atoms with Crippen LogP contribution in [-0.4, -0.2) is 14.7 Å². The minimum absolute atomic E-state index is 0.0909. The summed E-state index contributed by atoms with van der Waals surface area (Å²) in [5, 5.41) is 0. The van der Waals surface area contributed by atoms with Crippen LogP contribution in [0.5, 0.6) is 0 Å². The van der Waals surface area contributed by atoms with Gasteiger partial charge in [0.25, 0.3) is 0 Å². The molecule has 0 aliphatic carbocycles. The predicted molar refractivity (Wildman–Crippen MR) is 43.1 cm³/mol. The molecule has 0 fully saturated rings. The van der Waals surface area contributed by atoms with Gasteiger partial charge in [0.2, 0.25) is 0 Å². The molecule has 54 valence electrons. The molecule has 0 radical (unpaired) electrons. The molecule has 0 aliphatic rings. The highest BCUT2D eigenvalue weighted by Gasteiger charge is 1.91. The molecular formula is C6H8N2OS. The first-order chi connectivity index (χ1) is 4.84. The zero-order valence-corrected chi connectivity index (χ0v) is 6.23. The molecule has 3 nitrogen and oxygen atoms in total. The molecule has 0 unspecified atom stereocenters. The summed E-state index contributed by atoms with van der Waals surface area (Å²) < 4.78 is 1.53. The van der Waals surface area contributed by atoms with Crippen LogP contribution in [0.25, 0.3) is 0 Å². The zero-order chi connectivity index (χ0) is 7.40. The zero-order valence-electron chi connectivity index (χ0n) is 5.41. The Morgan fingerprint density at radius 2 is 2.70 bits per heavy atom. The van der Waals surface area contributed by atoms with Gasteiger partial charge in [-0.1, -0.05) is 6.08 Å². The highest BCUT2D eigenvalue weighted by atomic mass is 32.2. The van der Waals surface area contributed by atoms with Crippen LogP contribution in [0.2, 0.25) is 0 Å². The minimum Gasteiger partial charge on any atom is -0.312 e. The van der Waals surface area contributed by atoms with Gasteiger partial charge in [-0.3, -0.25) is 0 Å². The molecular weight excluding hydrogens is 148 g/mol. The van der Waals surface area contributed by atoms with E-state index >= 15 is 0 Å². The molecule has 1 rings (SSSR count). The van der Waals surface area contributed by atoms with Gasteiger partial charge in [-0.05, 0) is 11.9 Å². The average molecular weight is 156 g/mol. The van der Waals surface area contributed by atoms with E-state index in [-0.39, 0.29) is 5.69 Å². The number of aromatic nitrogens is 2. The molecule has 1 heterocycles. The summed E-state index contributed by atoms with van der Waals surface area (Å²) in [5.41, 5.74) is -0.0909. The largest absolute Gasteiger partial charge is 0.335 e. The first kappa shape index (κ1) is 7.21. The first-order valence-electron chi connectivity index (χ1n) is 2.85. The lowest BCUT2D eigenvalue weighted by Gasteiger charge is -1.92. The van der Waals surface area contributed by atoms with Gasteiger partial charge in [0.1, 0.15) is 0 Å². The first-order valence-corrected chi connectivity index (χ1v) is 3.79. The summed E-state index contributed by atoms with van der Waals surface area (Å²) in [6.07, 6.45) is 5.05. The summed E-state index contributed by atoms with van der Waals surface area (Å²) in [4.78, 5) is 13.3. The monoisotopic (exact) mass is 156 g/mol. The van der Waals surface area contributed by atoms with E-state index in [9.17, 15) is 4.79 Å². The molecule has 1 aromatic heterocycles. The lowest BCUT2D eigenvalue weighted by atomic mass is 10.8. The maximum absolute atomic E-state index is 10.8. The Hall–Kier alpha value is -0.900. The minimum atomic E-state index is -0.0909. The Morgan fingerprint density at radius 1 is 1.90 bits per heavy atom. The summed E-state index contributed by atoms with van der Waals surface area (Å²) in [6.45, 7) is 3.54. The Kier molecular flexibility index (Phi) is 2.39. The topological polar surface area (TPSA) is 37.8 Å². The van der Waals surface area contributed by atoms with E-state index in [0.29, 0.717) is 0 Å². The van der Waals surface area contributed by atoms with Gasteiger partial charge in [-0.2, -0.15) is 0 Å². The quantitative estimate of drug-likeness (QED) is 0.659. The van der Waals surface area contributed by atoms with Crippen molar-refractivity contribution in [3.05, 3.63) is 35.5 Å². The number of nitrogens with zero attached hydrogens (tertiary/aromatic N) is 1. The van der Waals surface area contributed by atoms with Gasteiger partial charge in [0.05, 0.1) is 0 Å². The predicted octanol–water partition coefficient (Wildman–Crippen LogP) is 0.859. The van der Waals surface area contributed by atoms with Crippen molar-refractivity contribution in [1.82, 2.24) is 8.96 Å². The number of rotatable bonds is 3. The summed E-state index contributed by atoms with van der Waals surface area (Å²) >= 11 is 1.41. The van der Waals surface area contributed by atoms with Crippen LogP contribution >= 0.6 is 11.9 Å². The van der Waals surface area contributed by atoms with Gasteiger partial charge in [-0.15, -0.1) is 6.58 Å². The van der Waals surface area contributed by atoms with Gasteiger partial charge < -0.3 is 4.98 Å². The van der Waals surface area contributed by atoms with Crippen LogP contribution in [0.1, 0.15) is 0 Å². The maximum Gasteiger partial charge on any atom is 0.335 e. The second-order valence-corrected chi connectivity index (χ2v) is 2.66.